The fourth-order valence-electron chi connectivity index (χ4n) is 3.48. The van der Waals surface area contributed by atoms with Crippen molar-refractivity contribution < 1.29 is 4.74 Å². The van der Waals surface area contributed by atoms with Gasteiger partial charge in [0.2, 0.25) is 11.3 Å². The molecule has 4 aromatic rings. The number of aromatic nitrogens is 5. The molecule has 1 aliphatic rings. The Labute approximate surface area is 163 Å². The van der Waals surface area contributed by atoms with Gasteiger partial charge in [0, 0.05) is 31.2 Å². The highest BCUT2D eigenvalue weighted by Crippen LogP contribution is 2.34. The molecule has 3 aromatic heterocycles. The van der Waals surface area contributed by atoms with Gasteiger partial charge in [0.05, 0.1) is 5.69 Å². The lowest BCUT2D eigenvalue weighted by Crippen LogP contribution is -2.28. The molecule has 4 heterocycles. The van der Waals surface area contributed by atoms with Gasteiger partial charge < -0.3 is 14.6 Å². The van der Waals surface area contributed by atoms with Gasteiger partial charge in [0.1, 0.15) is 5.75 Å². The minimum absolute atomic E-state index is 0.133. The van der Waals surface area contributed by atoms with E-state index in [0.29, 0.717) is 23.5 Å². The highest BCUT2D eigenvalue weighted by atomic mass is 32.2. The number of thioether (sulfide) groups is 1. The summed E-state index contributed by atoms with van der Waals surface area (Å²) in [5.74, 6) is 2.29. The lowest BCUT2D eigenvalue weighted by Gasteiger charge is -2.11. The average molecular weight is 398 g/mol. The maximum Gasteiger partial charge on any atom is 0.329 e. The third kappa shape index (κ3) is 2.52. The first-order valence-corrected chi connectivity index (χ1v) is 9.89. The zero-order valence-corrected chi connectivity index (χ0v) is 16.1. The first-order chi connectivity index (χ1) is 13.5. The van der Waals surface area contributed by atoms with Gasteiger partial charge in [-0.25, -0.2) is 4.79 Å². The normalized spacial score (nSPS) is 15.7. The number of anilines is 1. The zero-order valence-electron chi connectivity index (χ0n) is 15.3. The molecule has 0 amide bonds. The van der Waals surface area contributed by atoms with E-state index >= 15 is 0 Å². The lowest BCUT2D eigenvalue weighted by atomic mass is 10.3. The summed E-state index contributed by atoms with van der Waals surface area (Å²) < 4.78 is 11.0. The van der Waals surface area contributed by atoms with E-state index in [9.17, 15) is 9.59 Å². The largest absolute Gasteiger partial charge is 0.459 e. The van der Waals surface area contributed by atoms with E-state index in [1.165, 1.54) is 4.57 Å². The van der Waals surface area contributed by atoms with Crippen molar-refractivity contribution in [3.05, 3.63) is 57.0 Å². The maximum atomic E-state index is 12.3. The number of aryl methyl sites for hydroxylation is 3. The Hall–Kier alpha value is -3.14. The Morgan fingerprint density at radius 1 is 1.29 bits per heavy atom. The van der Waals surface area contributed by atoms with Crippen LogP contribution in [0.5, 0.6) is 5.75 Å². The number of fused-ring (bicyclic) bond motifs is 4. The number of aromatic amines is 1. The fraction of sp³-hybridized carbons (Fsp3) is 0.278. The summed E-state index contributed by atoms with van der Waals surface area (Å²) in [6.07, 6.45) is 1.87. The monoisotopic (exact) mass is 398 g/mol. The van der Waals surface area contributed by atoms with Crippen LogP contribution in [0.3, 0.4) is 0 Å². The van der Waals surface area contributed by atoms with Gasteiger partial charge in [0.25, 0.3) is 5.56 Å². The summed E-state index contributed by atoms with van der Waals surface area (Å²) in [6.45, 7) is 2.67. The summed E-state index contributed by atoms with van der Waals surface area (Å²) in [5.41, 5.74) is 1.71. The number of hydrogen-bond acceptors (Lipinski definition) is 6. The molecule has 28 heavy (non-hydrogen) atoms. The molecule has 1 aromatic carbocycles. The highest BCUT2D eigenvalue weighted by Gasteiger charge is 2.22. The van der Waals surface area contributed by atoms with Crippen LogP contribution in [0.2, 0.25) is 0 Å². The van der Waals surface area contributed by atoms with E-state index in [2.05, 4.69) is 15.3 Å². The number of nitrogens with one attached hydrogen (secondary N) is 2. The molecule has 0 saturated carbocycles. The van der Waals surface area contributed by atoms with Gasteiger partial charge in [0.15, 0.2) is 11.2 Å². The molecule has 2 N–H and O–H groups in total. The number of nitrogens with zero attached hydrogens (tertiary/aromatic N) is 4. The van der Waals surface area contributed by atoms with Gasteiger partial charge >= 0.3 is 5.69 Å². The van der Waals surface area contributed by atoms with Gasteiger partial charge in [-0.3, -0.25) is 18.7 Å². The molecule has 144 valence electrons. The van der Waals surface area contributed by atoms with E-state index in [1.807, 2.05) is 42.0 Å². The molecule has 5 rings (SSSR count). The fourth-order valence-corrected chi connectivity index (χ4v) is 4.36. The quantitative estimate of drug-likeness (QED) is 0.541. The highest BCUT2D eigenvalue weighted by molar-refractivity contribution is 7.99. The second kappa shape index (κ2) is 6.20. The van der Waals surface area contributed by atoms with Crippen molar-refractivity contribution in [2.45, 2.75) is 19.0 Å². The van der Waals surface area contributed by atoms with Gasteiger partial charge in [-0.2, -0.15) is 4.98 Å². The summed E-state index contributed by atoms with van der Waals surface area (Å²) in [6, 6.07) is 7.86. The molecule has 1 unspecified atom stereocenters. The van der Waals surface area contributed by atoms with E-state index in [-0.39, 0.29) is 5.56 Å². The van der Waals surface area contributed by atoms with Crippen LogP contribution in [0.4, 0.5) is 5.69 Å². The summed E-state index contributed by atoms with van der Waals surface area (Å²) in [7, 11) is 1.60. The van der Waals surface area contributed by atoms with Crippen LogP contribution in [0.15, 0.2) is 40.1 Å². The predicted molar refractivity (Wildman–Crippen MR) is 108 cm³/mol. The summed E-state index contributed by atoms with van der Waals surface area (Å²) in [5, 5.41) is 3.34. The lowest BCUT2D eigenvalue weighted by molar-refractivity contribution is 0.340. The standard InChI is InChI=1S/C18H18N6O3S/c1-10-9-24-13-14(22(2)17(26)21-15(13)25)20-16(24)23(10)7-8-28-18-19-11-5-3-4-6-12(11)27-18/h3-6,9,18-19H,7-8H2,1-2H3,(H,21,25,26). The number of imidazole rings is 2. The molecule has 0 spiro atoms. The Morgan fingerprint density at radius 3 is 2.93 bits per heavy atom. The third-order valence-electron chi connectivity index (χ3n) is 4.89. The average Bonchev–Trinajstić information content (AvgIpc) is 3.32. The first kappa shape index (κ1) is 17.0. The third-order valence-corrected chi connectivity index (χ3v) is 5.83. The molecular weight excluding hydrogens is 380 g/mol. The molecule has 1 aliphatic heterocycles. The van der Waals surface area contributed by atoms with E-state index in [4.69, 9.17) is 4.74 Å². The molecule has 10 heteroatoms. The van der Waals surface area contributed by atoms with Crippen molar-refractivity contribution in [1.82, 2.24) is 23.5 Å². The van der Waals surface area contributed by atoms with Crippen LogP contribution in [-0.2, 0) is 13.6 Å². The van der Waals surface area contributed by atoms with Crippen molar-refractivity contribution in [2.75, 3.05) is 11.1 Å². The molecule has 0 saturated heterocycles. The number of para-hydroxylation sites is 2. The number of benzene rings is 1. The molecule has 1 atom stereocenters. The summed E-state index contributed by atoms with van der Waals surface area (Å²) >= 11 is 1.66. The van der Waals surface area contributed by atoms with Crippen molar-refractivity contribution in [1.29, 1.82) is 0 Å². The SMILES string of the molecule is Cc1cn2c3c(=O)[nH]c(=O)n(C)c3nc2n1CCSC1Nc2ccccc2O1. The van der Waals surface area contributed by atoms with E-state index < -0.39 is 11.2 Å². The van der Waals surface area contributed by atoms with Crippen molar-refractivity contribution in [3.63, 3.8) is 0 Å². The van der Waals surface area contributed by atoms with Crippen LogP contribution in [0.1, 0.15) is 5.69 Å². The van der Waals surface area contributed by atoms with Gasteiger partial charge in [-0.15, -0.1) is 0 Å². The Kier molecular flexibility index (Phi) is 3.76. The van der Waals surface area contributed by atoms with Gasteiger partial charge in [-0.05, 0) is 19.1 Å². The van der Waals surface area contributed by atoms with Crippen LogP contribution in [0.25, 0.3) is 16.9 Å². The molecule has 9 nitrogen and oxygen atoms in total. The van der Waals surface area contributed by atoms with Crippen molar-refractivity contribution >= 4 is 34.4 Å². The van der Waals surface area contributed by atoms with Crippen LogP contribution in [0, 0.1) is 6.92 Å². The molecule has 0 radical (unpaired) electrons. The van der Waals surface area contributed by atoms with E-state index in [0.717, 1.165) is 22.9 Å². The van der Waals surface area contributed by atoms with Crippen LogP contribution >= 0.6 is 11.8 Å². The predicted octanol–water partition coefficient (Wildman–Crippen LogP) is 1.51. The van der Waals surface area contributed by atoms with Crippen molar-refractivity contribution in [2.24, 2.45) is 7.05 Å². The Balaban J connectivity index is 1.41. The minimum atomic E-state index is -0.471. The first-order valence-electron chi connectivity index (χ1n) is 8.84. The topological polar surface area (TPSA) is 98.4 Å². The number of rotatable bonds is 4. The molecular formula is C18H18N6O3S. The molecule has 0 bridgehead atoms. The van der Waals surface area contributed by atoms with Crippen LogP contribution < -0.4 is 21.3 Å². The zero-order chi connectivity index (χ0) is 19.4. The minimum Gasteiger partial charge on any atom is -0.459 e. The number of ether oxygens (including phenoxy) is 1. The Bertz CT molecular complexity index is 1310. The second-order valence-corrected chi connectivity index (χ2v) is 7.83. The second-order valence-electron chi connectivity index (χ2n) is 6.66. The van der Waals surface area contributed by atoms with Crippen LogP contribution in [-0.4, -0.2) is 34.8 Å². The molecule has 0 aliphatic carbocycles. The smallest absolute Gasteiger partial charge is 0.329 e. The molecule has 0 fully saturated rings. The maximum absolute atomic E-state index is 12.3. The van der Waals surface area contributed by atoms with Crippen molar-refractivity contribution in [3.8, 4) is 5.75 Å². The summed E-state index contributed by atoms with van der Waals surface area (Å²) in [4.78, 5) is 31.0. The Morgan fingerprint density at radius 2 is 2.11 bits per heavy atom. The van der Waals surface area contributed by atoms with E-state index in [1.54, 1.807) is 23.2 Å². The van der Waals surface area contributed by atoms with Gasteiger partial charge in [-0.1, -0.05) is 23.9 Å². The number of H-pyrrole nitrogens is 1. The number of hydrogen-bond donors (Lipinski definition) is 2.